The van der Waals surface area contributed by atoms with E-state index in [9.17, 15) is 18.0 Å². The Morgan fingerprint density at radius 3 is 2.74 bits per heavy atom. The average molecular weight is 352 g/mol. The van der Waals surface area contributed by atoms with Gasteiger partial charge in [-0.05, 0) is 26.9 Å². The standard InChI is InChI=1S/C11H20N4O7S/c1-13(2)5-6-21-12-10(16)9-4-3-8-7-14(9)11(17)15(8)22-23(18,19)20/h8-9H,3-7H2,1-2H3,(H,12,16)(H,18,19,20)/t8-,9?/m1/s1. The molecular weight excluding hydrogens is 332 g/mol. The molecule has 0 aromatic rings. The Bertz CT molecular complexity index is 567. The van der Waals surface area contributed by atoms with Crippen molar-refractivity contribution in [1.29, 1.82) is 0 Å². The van der Waals surface area contributed by atoms with Crippen molar-refractivity contribution in [3.8, 4) is 0 Å². The molecule has 2 saturated heterocycles. The highest BCUT2D eigenvalue weighted by molar-refractivity contribution is 7.80. The van der Waals surface area contributed by atoms with Gasteiger partial charge in [0, 0.05) is 13.1 Å². The van der Waals surface area contributed by atoms with E-state index in [2.05, 4.69) is 9.76 Å². The van der Waals surface area contributed by atoms with Gasteiger partial charge in [0.25, 0.3) is 5.91 Å². The van der Waals surface area contributed by atoms with Crippen LogP contribution in [-0.4, -0.2) is 85.6 Å². The van der Waals surface area contributed by atoms with Crippen LogP contribution >= 0.6 is 0 Å². The number of urea groups is 1. The predicted octanol–water partition coefficient (Wildman–Crippen LogP) is -1.40. The van der Waals surface area contributed by atoms with E-state index in [1.54, 1.807) is 0 Å². The summed E-state index contributed by atoms with van der Waals surface area (Å²) in [5.74, 6) is -0.482. The lowest BCUT2D eigenvalue weighted by molar-refractivity contribution is -0.139. The Morgan fingerprint density at radius 2 is 2.13 bits per heavy atom. The smallest absolute Gasteiger partial charge is 0.309 e. The lowest BCUT2D eigenvalue weighted by Gasteiger charge is -2.28. The Labute approximate surface area is 134 Å². The van der Waals surface area contributed by atoms with E-state index in [0.717, 1.165) is 0 Å². The number of rotatable bonds is 7. The van der Waals surface area contributed by atoms with Crippen molar-refractivity contribution in [3.05, 3.63) is 0 Å². The predicted molar refractivity (Wildman–Crippen MR) is 76.0 cm³/mol. The van der Waals surface area contributed by atoms with Gasteiger partial charge in [-0.2, -0.15) is 13.5 Å². The third-order valence-electron chi connectivity index (χ3n) is 3.61. The number of nitrogens with zero attached hydrogens (tertiary/aromatic N) is 3. The summed E-state index contributed by atoms with van der Waals surface area (Å²) in [4.78, 5) is 32.3. The topological polar surface area (TPSA) is 129 Å². The largest absolute Gasteiger partial charge is 0.418 e. The molecule has 2 heterocycles. The van der Waals surface area contributed by atoms with Crippen LogP contribution in [0.4, 0.5) is 4.79 Å². The van der Waals surface area contributed by atoms with Gasteiger partial charge in [-0.15, -0.1) is 4.28 Å². The van der Waals surface area contributed by atoms with E-state index >= 15 is 0 Å². The number of hydroxylamine groups is 3. The van der Waals surface area contributed by atoms with E-state index in [0.29, 0.717) is 31.1 Å². The van der Waals surface area contributed by atoms with Crippen molar-refractivity contribution >= 4 is 22.3 Å². The molecule has 0 spiro atoms. The number of carbonyl (C=O) groups excluding carboxylic acids is 2. The van der Waals surface area contributed by atoms with E-state index < -0.39 is 34.4 Å². The second-order valence-electron chi connectivity index (χ2n) is 5.63. The zero-order chi connectivity index (χ0) is 17.2. The maximum absolute atomic E-state index is 12.1. The summed E-state index contributed by atoms with van der Waals surface area (Å²) in [6.45, 7) is 1.05. The van der Waals surface area contributed by atoms with Crippen molar-refractivity contribution in [1.82, 2.24) is 20.3 Å². The summed E-state index contributed by atoms with van der Waals surface area (Å²) in [5.41, 5.74) is 2.29. The minimum atomic E-state index is -4.79. The van der Waals surface area contributed by atoms with Crippen molar-refractivity contribution in [3.63, 3.8) is 0 Å². The van der Waals surface area contributed by atoms with Crippen LogP contribution in [0.3, 0.4) is 0 Å². The molecule has 1 unspecified atom stereocenters. The van der Waals surface area contributed by atoms with Crippen LogP contribution in [0.2, 0.25) is 0 Å². The van der Waals surface area contributed by atoms with Gasteiger partial charge in [-0.25, -0.2) is 10.3 Å². The minimum Gasteiger partial charge on any atom is -0.309 e. The van der Waals surface area contributed by atoms with Gasteiger partial charge in [0.15, 0.2) is 0 Å². The van der Waals surface area contributed by atoms with Crippen LogP contribution in [0.1, 0.15) is 12.8 Å². The van der Waals surface area contributed by atoms with Gasteiger partial charge >= 0.3 is 16.4 Å². The fraction of sp³-hybridized carbons (Fsp3) is 0.818. The van der Waals surface area contributed by atoms with Crippen LogP contribution in [0.15, 0.2) is 0 Å². The molecule has 12 heteroatoms. The Balaban J connectivity index is 1.92. The van der Waals surface area contributed by atoms with Gasteiger partial charge < -0.3 is 9.80 Å². The summed E-state index contributed by atoms with van der Waals surface area (Å²) in [7, 11) is -1.07. The van der Waals surface area contributed by atoms with Gasteiger partial charge in [-0.3, -0.25) is 14.2 Å². The lowest BCUT2D eigenvalue weighted by Crippen LogP contribution is -2.50. The molecule has 2 N–H and O–H groups in total. The molecule has 132 valence electrons. The Kier molecular flexibility index (Phi) is 5.41. The molecule has 3 amide bonds. The normalized spacial score (nSPS) is 24.4. The first kappa shape index (κ1) is 17.9. The van der Waals surface area contributed by atoms with E-state index in [1.165, 1.54) is 4.90 Å². The maximum atomic E-state index is 12.1. The van der Waals surface area contributed by atoms with Gasteiger partial charge in [-0.1, -0.05) is 0 Å². The lowest BCUT2D eigenvalue weighted by atomic mass is 10.0. The fourth-order valence-electron chi connectivity index (χ4n) is 2.52. The highest BCUT2D eigenvalue weighted by Gasteiger charge is 2.49. The molecule has 0 radical (unpaired) electrons. The summed E-state index contributed by atoms with van der Waals surface area (Å²) in [6.07, 6.45) is 0.707. The molecular formula is C11H20N4O7S. The molecule has 2 fully saturated rings. The molecule has 2 aliphatic rings. The molecule has 11 nitrogen and oxygen atoms in total. The number of likely N-dealkylation sites (N-methyl/N-ethyl adjacent to an activating group) is 1. The van der Waals surface area contributed by atoms with Crippen LogP contribution in [0.25, 0.3) is 0 Å². The van der Waals surface area contributed by atoms with Gasteiger partial charge in [0.1, 0.15) is 6.04 Å². The highest BCUT2D eigenvalue weighted by Crippen LogP contribution is 2.30. The van der Waals surface area contributed by atoms with Crippen LogP contribution in [0, 0.1) is 0 Å². The van der Waals surface area contributed by atoms with E-state index in [1.807, 2.05) is 19.0 Å². The number of fused-ring (bicyclic) bond motifs is 2. The molecule has 2 aliphatic heterocycles. The van der Waals surface area contributed by atoms with E-state index in [4.69, 9.17) is 9.39 Å². The average Bonchev–Trinajstić information content (AvgIpc) is 2.67. The molecule has 0 aromatic heterocycles. The Hall–Kier alpha value is -1.47. The number of nitrogens with one attached hydrogen (secondary N) is 1. The summed E-state index contributed by atoms with van der Waals surface area (Å²) in [5, 5.41) is 0.593. The molecule has 0 aliphatic carbocycles. The zero-order valence-electron chi connectivity index (χ0n) is 12.8. The first-order valence-electron chi connectivity index (χ1n) is 7.02. The second kappa shape index (κ2) is 6.97. The summed E-state index contributed by atoms with van der Waals surface area (Å²) >= 11 is 0. The number of hydrogen-bond acceptors (Lipinski definition) is 7. The number of piperidine rings is 1. The highest BCUT2D eigenvalue weighted by atomic mass is 32.3. The van der Waals surface area contributed by atoms with Gasteiger partial charge in [0.2, 0.25) is 0 Å². The molecule has 2 bridgehead atoms. The van der Waals surface area contributed by atoms with Crippen molar-refractivity contribution in [2.45, 2.75) is 24.9 Å². The van der Waals surface area contributed by atoms with Crippen LogP contribution in [0.5, 0.6) is 0 Å². The van der Waals surface area contributed by atoms with Crippen LogP contribution in [-0.2, 0) is 24.3 Å². The summed E-state index contributed by atoms with van der Waals surface area (Å²) < 4.78 is 34.6. The SMILES string of the molecule is CN(C)CCONC(=O)C1CC[C@@H]2CN1C(=O)N2OS(=O)(=O)O. The molecule has 2 rings (SSSR count). The quantitative estimate of drug-likeness (QED) is 0.325. The molecule has 23 heavy (non-hydrogen) atoms. The summed E-state index contributed by atoms with van der Waals surface area (Å²) in [6, 6.07) is -2.07. The van der Waals surface area contributed by atoms with E-state index in [-0.39, 0.29) is 6.54 Å². The Morgan fingerprint density at radius 1 is 1.43 bits per heavy atom. The first-order valence-corrected chi connectivity index (χ1v) is 8.39. The van der Waals surface area contributed by atoms with Crippen molar-refractivity contribution < 1.29 is 31.7 Å². The van der Waals surface area contributed by atoms with Crippen molar-refractivity contribution in [2.75, 3.05) is 33.8 Å². The van der Waals surface area contributed by atoms with Crippen molar-refractivity contribution in [2.24, 2.45) is 0 Å². The minimum absolute atomic E-state index is 0.143. The molecule has 0 saturated carbocycles. The fourth-order valence-corrected chi connectivity index (χ4v) is 2.91. The second-order valence-corrected chi connectivity index (χ2v) is 6.63. The zero-order valence-corrected chi connectivity index (χ0v) is 13.7. The third-order valence-corrected chi connectivity index (χ3v) is 3.96. The number of amides is 3. The number of carbonyl (C=O) groups is 2. The maximum Gasteiger partial charge on any atom is 0.418 e. The van der Waals surface area contributed by atoms with Gasteiger partial charge in [0.05, 0.1) is 12.6 Å². The molecule has 0 aromatic carbocycles. The van der Waals surface area contributed by atoms with Crippen LogP contribution < -0.4 is 5.48 Å². The third kappa shape index (κ3) is 4.51. The molecule has 2 atom stereocenters. The number of hydrogen-bond donors (Lipinski definition) is 2. The monoisotopic (exact) mass is 352 g/mol. The first-order chi connectivity index (χ1) is 10.7.